The van der Waals surface area contributed by atoms with E-state index in [9.17, 15) is 9.59 Å². The van der Waals surface area contributed by atoms with Gasteiger partial charge in [0.05, 0.1) is 5.92 Å². The molecule has 17 heavy (non-hydrogen) atoms. The Hall–Kier alpha value is -1.06. The molecule has 5 atom stereocenters. The molecule has 5 unspecified atom stereocenters. The van der Waals surface area contributed by atoms with Gasteiger partial charge in [-0.3, -0.25) is 9.59 Å². The second-order valence-corrected chi connectivity index (χ2v) is 5.55. The lowest BCUT2D eigenvalue weighted by atomic mass is 9.67. The zero-order valence-corrected chi connectivity index (χ0v) is 10.1. The maximum atomic E-state index is 11.8. The van der Waals surface area contributed by atoms with Crippen molar-refractivity contribution in [3.63, 3.8) is 0 Å². The maximum absolute atomic E-state index is 11.8. The van der Waals surface area contributed by atoms with E-state index in [1.54, 1.807) is 6.92 Å². The first-order chi connectivity index (χ1) is 8.17. The van der Waals surface area contributed by atoms with Gasteiger partial charge in [0.1, 0.15) is 12.2 Å². The van der Waals surface area contributed by atoms with Crippen LogP contribution in [0.25, 0.3) is 0 Å². The molecule has 0 amide bonds. The van der Waals surface area contributed by atoms with Gasteiger partial charge in [0.25, 0.3) is 0 Å². The Kier molecular flexibility index (Phi) is 2.60. The van der Waals surface area contributed by atoms with Gasteiger partial charge in [0, 0.05) is 12.3 Å². The van der Waals surface area contributed by atoms with Crippen molar-refractivity contribution < 1.29 is 19.1 Å². The van der Waals surface area contributed by atoms with E-state index in [4.69, 9.17) is 9.47 Å². The Morgan fingerprint density at radius 3 is 2.94 bits per heavy atom. The summed E-state index contributed by atoms with van der Waals surface area (Å²) in [5, 5.41) is 0. The molecule has 4 rings (SSSR count). The molecule has 0 spiro atoms. The normalized spacial score (nSPS) is 43.1. The van der Waals surface area contributed by atoms with Crippen LogP contribution in [0.5, 0.6) is 0 Å². The molecule has 4 fully saturated rings. The molecule has 2 saturated carbocycles. The number of ether oxygens (including phenoxy) is 2. The van der Waals surface area contributed by atoms with Crippen molar-refractivity contribution >= 4 is 11.9 Å². The summed E-state index contributed by atoms with van der Waals surface area (Å²) in [7, 11) is 0. The van der Waals surface area contributed by atoms with Gasteiger partial charge in [-0.1, -0.05) is 6.92 Å². The molecule has 4 nitrogen and oxygen atoms in total. The summed E-state index contributed by atoms with van der Waals surface area (Å²) >= 11 is 0. The van der Waals surface area contributed by atoms with Crippen LogP contribution < -0.4 is 0 Å². The smallest absolute Gasteiger partial charge is 0.309 e. The lowest BCUT2D eigenvalue weighted by Crippen LogP contribution is -2.45. The summed E-state index contributed by atoms with van der Waals surface area (Å²) in [5.74, 6) is 0.719. The maximum Gasteiger partial charge on any atom is 0.309 e. The molecule has 0 aromatic heterocycles. The third-order valence-electron chi connectivity index (χ3n) is 4.39. The molecular formula is C13H18O4. The first-order valence-electron chi connectivity index (χ1n) is 6.57. The summed E-state index contributed by atoms with van der Waals surface area (Å²) in [6.45, 7) is 1.79. The van der Waals surface area contributed by atoms with Gasteiger partial charge < -0.3 is 9.47 Å². The largest absolute Gasteiger partial charge is 0.458 e. The van der Waals surface area contributed by atoms with E-state index in [1.807, 2.05) is 0 Å². The minimum absolute atomic E-state index is 0.0501. The van der Waals surface area contributed by atoms with Crippen LogP contribution in [0.15, 0.2) is 0 Å². The van der Waals surface area contributed by atoms with Gasteiger partial charge in [-0.15, -0.1) is 0 Å². The third kappa shape index (κ3) is 1.83. The number of hydrogen-bond acceptors (Lipinski definition) is 4. The van der Waals surface area contributed by atoms with Crippen molar-refractivity contribution in [1.82, 2.24) is 0 Å². The lowest BCUT2D eigenvalue weighted by molar-refractivity contribution is -0.172. The second-order valence-electron chi connectivity index (χ2n) is 5.55. The van der Waals surface area contributed by atoms with Gasteiger partial charge in [0.2, 0.25) is 0 Å². The topological polar surface area (TPSA) is 52.6 Å². The second kappa shape index (κ2) is 4.00. The molecule has 0 aromatic rings. The first kappa shape index (κ1) is 11.1. The number of carbonyl (C=O) groups excluding carboxylic acids is 2. The van der Waals surface area contributed by atoms with Gasteiger partial charge >= 0.3 is 11.9 Å². The van der Waals surface area contributed by atoms with Crippen molar-refractivity contribution in [2.24, 2.45) is 17.8 Å². The molecule has 4 heteroatoms. The lowest BCUT2D eigenvalue weighted by Gasteiger charge is -2.41. The minimum Gasteiger partial charge on any atom is -0.458 e. The summed E-state index contributed by atoms with van der Waals surface area (Å²) in [4.78, 5) is 23.2. The van der Waals surface area contributed by atoms with Gasteiger partial charge in [-0.25, -0.2) is 0 Å². The number of fused-ring (bicyclic) bond motifs is 1. The van der Waals surface area contributed by atoms with E-state index in [2.05, 4.69) is 0 Å². The fourth-order valence-electron chi connectivity index (χ4n) is 3.67. The fraction of sp³-hybridized carbons (Fsp3) is 0.846. The van der Waals surface area contributed by atoms with Crippen LogP contribution in [0.3, 0.4) is 0 Å². The first-order valence-corrected chi connectivity index (χ1v) is 6.57. The SMILES string of the molecule is CCC(=O)OC1C2CC3CC(C2)C(=O)OC1C3. The predicted octanol–water partition coefficient (Wildman–Crippen LogP) is 1.67. The van der Waals surface area contributed by atoms with Crippen molar-refractivity contribution in [1.29, 1.82) is 0 Å². The molecule has 4 bridgehead atoms. The van der Waals surface area contributed by atoms with Crippen LogP contribution in [0, 0.1) is 17.8 Å². The molecule has 2 saturated heterocycles. The van der Waals surface area contributed by atoms with Gasteiger partial charge in [-0.2, -0.15) is 0 Å². The van der Waals surface area contributed by atoms with E-state index in [1.165, 1.54) is 0 Å². The van der Waals surface area contributed by atoms with Crippen LogP contribution in [0.4, 0.5) is 0 Å². The van der Waals surface area contributed by atoms with Gasteiger partial charge in [-0.05, 0) is 31.6 Å². The molecule has 0 aromatic carbocycles. The molecule has 2 heterocycles. The zero-order valence-electron chi connectivity index (χ0n) is 10.1. The van der Waals surface area contributed by atoms with E-state index in [-0.39, 0.29) is 30.1 Å². The monoisotopic (exact) mass is 238 g/mol. The zero-order chi connectivity index (χ0) is 12.0. The van der Waals surface area contributed by atoms with Crippen LogP contribution in [-0.2, 0) is 19.1 Å². The quantitative estimate of drug-likeness (QED) is 0.687. The average molecular weight is 238 g/mol. The molecule has 0 radical (unpaired) electrons. The van der Waals surface area contributed by atoms with Crippen LogP contribution in [0.2, 0.25) is 0 Å². The standard InChI is InChI=1S/C13H18O4/c1-2-11(14)17-12-8-3-7-4-9(6-8)13(15)16-10(12)5-7/h7-10,12H,2-6H2,1H3. The van der Waals surface area contributed by atoms with E-state index < -0.39 is 0 Å². The third-order valence-corrected chi connectivity index (χ3v) is 4.39. The van der Waals surface area contributed by atoms with E-state index in [0.29, 0.717) is 18.3 Å². The Morgan fingerprint density at radius 1 is 1.35 bits per heavy atom. The highest BCUT2D eigenvalue weighted by atomic mass is 16.6. The van der Waals surface area contributed by atoms with E-state index >= 15 is 0 Å². The molecule has 0 N–H and O–H groups in total. The predicted molar refractivity (Wildman–Crippen MR) is 59.0 cm³/mol. The van der Waals surface area contributed by atoms with Crippen molar-refractivity contribution in [3.8, 4) is 0 Å². The average Bonchev–Trinajstić information content (AvgIpc) is 2.47. The van der Waals surface area contributed by atoms with Crippen molar-refractivity contribution in [2.45, 2.75) is 51.2 Å². The Bertz CT molecular complexity index is 351. The van der Waals surface area contributed by atoms with Gasteiger partial charge in [0.15, 0.2) is 0 Å². The minimum atomic E-state index is -0.187. The molecule has 2 aliphatic heterocycles. The summed E-state index contributed by atoms with van der Waals surface area (Å²) in [6, 6.07) is 0. The number of esters is 2. The molecule has 4 aliphatic rings. The number of rotatable bonds is 2. The highest BCUT2D eigenvalue weighted by Crippen LogP contribution is 2.48. The fourth-order valence-corrected chi connectivity index (χ4v) is 3.67. The molecule has 2 aliphatic carbocycles. The summed E-state index contributed by atoms with van der Waals surface area (Å²) in [5.41, 5.74) is 0. The van der Waals surface area contributed by atoms with Crippen LogP contribution >= 0.6 is 0 Å². The molecule has 94 valence electrons. The summed E-state index contributed by atoms with van der Waals surface area (Å²) in [6.07, 6.45) is 3.79. The highest BCUT2D eigenvalue weighted by molar-refractivity contribution is 5.74. The van der Waals surface area contributed by atoms with E-state index in [0.717, 1.165) is 25.7 Å². The van der Waals surface area contributed by atoms with Crippen LogP contribution in [-0.4, -0.2) is 24.1 Å². The number of carbonyl (C=O) groups is 2. The highest BCUT2D eigenvalue weighted by Gasteiger charge is 2.51. The summed E-state index contributed by atoms with van der Waals surface area (Å²) < 4.78 is 11.0. The van der Waals surface area contributed by atoms with Crippen molar-refractivity contribution in [3.05, 3.63) is 0 Å². The Labute approximate surface area is 101 Å². The number of hydrogen-bond donors (Lipinski definition) is 0. The Balaban J connectivity index is 1.82. The van der Waals surface area contributed by atoms with Crippen molar-refractivity contribution in [2.75, 3.05) is 0 Å². The van der Waals surface area contributed by atoms with Crippen LogP contribution in [0.1, 0.15) is 39.0 Å². The molecular weight excluding hydrogens is 220 g/mol. The Morgan fingerprint density at radius 2 is 2.18 bits per heavy atom.